The van der Waals surface area contributed by atoms with Gasteiger partial charge in [0.05, 0.1) is 12.1 Å². The van der Waals surface area contributed by atoms with E-state index < -0.39 is 12.0 Å². The third-order valence-corrected chi connectivity index (χ3v) is 2.05. The van der Waals surface area contributed by atoms with Crippen LogP contribution in [0.2, 0.25) is 0 Å². The second-order valence-corrected chi connectivity index (χ2v) is 3.40. The highest BCUT2D eigenvalue weighted by molar-refractivity contribution is 5.84. The first kappa shape index (κ1) is 12.2. The molecule has 1 atom stereocenters. The van der Waals surface area contributed by atoms with E-state index in [1.54, 1.807) is 13.8 Å². The first-order valence-corrected chi connectivity index (χ1v) is 4.96. The standard InChI is InChI=1S/C10H14N2O4/c1-3-8(10(14)15)12-9(13)4-7-5-16-6(2)11-7/h5,8H,3-4H2,1-2H3,(H,12,13)(H,14,15). The Morgan fingerprint density at radius 1 is 1.62 bits per heavy atom. The number of nitrogens with one attached hydrogen (secondary N) is 1. The molecular weight excluding hydrogens is 212 g/mol. The topological polar surface area (TPSA) is 92.4 Å². The van der Waals surface area contributed by atoms with E-state index in [1.165, 1.54) is 6.26 Å². The second-order valence-electron chi connectivity index (χ2n) is 3.40. The minimum atomic E-state index is -1.04. The first-order chi connectivity index (χ1) is 7.52. The summed E-state index contributed by atoms with van der Waals surface area (Å²) in [6, 6.07) is -0.847. The molecule has 0 spiro atoms. The van der Waals surface area contributed by atoms with Crippen LogP contribution in [-0.4, -0.2) is 28.0 Å². The van der Waals surface area contributed by atoms with Gasteiger partial charge in [0.25, 0.3) is 0 Å². The maximum atomic E-state index is 11.4. The molecule has 0 bridgehead atoms. The van der Waals surface area contributed by atoms with Crippen LogP contribution < -0.4 is 5.32 Å². The third kappa shape index (κ3) is 3.38. The molecule has 0 fully saturated rings. The molecule has 1 aromatic rings. The lowest BCUT2D eigenvalue weighted by Gasteiger charge is -2.11. The van der Waals surface area contributed by atoms with Gasteiger partial charge in [0.15, 0.2) is 5.89 Å². The van der Waals surface area contributed by atoms with E-state index in [2.05, 4.69) is 10.3 Å². The monoisotopic (exact) mass is 226 g/mol. The van der Waals surface area contributed by atoms with Crippen LogP contribution in [0.3, 0.4) is 0 Å². The second kappa shape index (κ2) is 5.29. The Bertz CT molecular complexity index is 386. The van der Waals surface area contributed by atoms with Crippen LogP contribution in [0.15, 0.2) is 10.7 Å². The summed E-state index contributed by atoms with van der Waals surface area (Å²) in [7, 11) is 0. The van der Waals surface area contributed by atoms with Crippen LogP contribution in [0.4, 0.5) is 0 Å². The van der Waals surface area contributed by atoms with E-state index in [0.29, 0.717) is 18.0 Å². The molecule has 0 aromatic carbocycles. The number of aliphatic carboxylic acids is 1. The van der Waals surface area contributed by atoms with E-state index in [9.17, 15) is 9.59 Å². The molecule has 1 unspecified atom stereocenters. The molecule has 0 aliphatic heterocycles. The summed E-state index contributed by atoms with van der Waals surface area (Å²) in [4.78, 5) is 26.1. The minimum Gasteiger partial charge on any atom is -0.480 e. The summed E-state index contributed by atoms with van der Waals surface area (Å²) in [5.74, 6) is -0.928. The largest absolute Gasteiger partial charge is 0.480 e. The molecule has 0 saturated carbocycles. The molecule has 6 heteroatoms. The summed E-state index contributed by atoms with van der Waals surface area (Å²) < 4.78 is 4.94. The van der Waals surface area contributed by atoms with Gasteiger partial charge in [-0.1, -0.05) is 6.92 Å². The Morgan fingerprint density at radius 3 is 2.75 bits per heavy atom. The SMILES string of the molecule is CCC(NC(=O)Cc1coc(C)n1)C(=O)O. The molecule has 0 radical (unpaired) electrons. The van der Waals surface area contributed by atoms with Crippen LogP contribution in [-0.2, 0) is 16.0 Å². The highest BCUT2D eigenvalue weighted by Gasteiger charge is 2.18. The van der Waals surface area contributed by atoms with Gasteiger partial charge in [0.2, 0.25) is 5.91 Å². The fourth-order valence-electron chi connectivity index (χ4n) is 1.24. The number of carboxylic acid groups (broad SMARTS) is 1. The average molecular weight is 226 g/mol. The summed E-state index contributed by atoms with van der Waals surface area (Å²) >= 11 is 0. The number of aromatic nitrogens is 1. The summed E-state index contributed by atoms with van der Waals surface area (Å²) in [5, 5.41) is 11.1. The molecule has 1 heterocycles. The van der Waals surface area contributed by atoms with Crippen LogP contribution in [0, 0.1) is 6.92 Å². The lowest BCUT2D eigenvalue weighted by atomic mass is 10.2. The quantitative estimate of drug-likeness (QED) is 0.762. The average Bonchev–Trinajstić information content (AvgIpc) is 2.60. The van der Waals surface area contributed by atoms with Gasteiger partial charge in [0.1, 0.15) is 12.3 Å². The third-order valence-electron chi connectivity index (χ3n) is 2.05. The Balaban J connectivity index is 2.50. The first-order valence-electron chi connectivity index (χ1n) is 4.96. The zero-order valence-corrected chi connectivity index (χ0v) is 9.19. The minimum absolute atomic E-state index is 0.0289. The number of aryl methyl sites for hydroxylation is 1. The molecular formula is C10H14N2O4. The lowest BCUT2D eigenvalue weighted by Crippen LogP contribution is -2.41. The predicted octanol–water partition coefficient (Wildman–Crippen LogP) is 0.505. The molecule has 0 aliphatic carbocycles. The van der Waals surface area contributed by atoms with E-state index in [1.807, 2.05) is 0 Å². The molecule has 16 heavy (non-hydrogen) atoms. The van der Waals surface area contributed by atoms with Crippen molar-refractivity contribution < 1.29 is 19.1 Å². The highest BCUT2D eigenvalue weighted by atomic mass is 16.4. The molecule has 1 amide bonds. The highest BCUT2D eigenvalue weighted by Crippen LogP contribution is 2.01. The van der Waals surface area contributed by atoms with Crippen LogP contribution in [0.1, 0.15) is 24.9 Å². The maximum absolute atomic E-state index is 11.4. The van der Waals surface area contributed by atoms with Crippen molar-refractivity contribution in [1.29, 1.82) is 0 Å². The molecule has 2 N–H and O–H groups in total. The van der Waals surface area contributed by atoms with Gasteiger partial charge in [-0.25, -0.2) is 9.78 Å². The van der Waals surface area contributed by atoms with Crippen molar-refractivity contribution in [2.24, 2.45) is 0 Å². The zero-order chi connectivity index (χ0) is 12.1. The van der Waals surface area contributed by atoms with Crippen molar-refractivity contribution in [3.8, 4) is 0 Å². The van der Waals surface area contributed by atoms with Crippen molar-refractivity contribution in [1.82, 2.24) is 10.3 Å². The Labute approximate surface area is 92.7 Å². The van der Waals surface area contributed by atoms with E-state index >= 15 is 0 Å². The van der Waals surface area contributed by atoms with Crippen molar-refractivity contribution in [2.45, 2.75) is 32.7 Å². The number of rotatable bonds is 5. The Hall–Kier alpha value is -1.85. The number of carboxylic acids is 1. The van der Waals surface area contributed by atoms with Crippen LogP contribution in [0.5, 0.6) is 0 Å². The number of nitrogens with zero attached hydrogens (tertiary/aromatic N) is 1. The smallest absolute Gasteiger partial charge is 0.326 e. The maximum Gasteiger partial charge on any atom is 0.326 e. The zero-order valence-electron chi connectivity index (χ0n) is 9.19. The van der Waals surface area contributed by atoms with Gasteiger partial charge in [-0.05, 0) is 6.42 Å². The molecule has 0 saturated heterocycles. The molecule has 1 aromatic heterocycles. The van der Waals surface area contributed by atoms with E-state index in [-0.39, 0.29) is 12.3 Å². The summed E-state index contributed by atoms with van der Waals surface area (Å²) in [6.45, 7) is 3.37. The number of hydrogen-bond acceptors (Lipinski definition) is 4. The Morgan fingerprint density at radius 2 is 2.31 bits per heavy atom. The van der Waals surface area contributed by atoms with Gasteiger partial charge in [-0.2, -0.15) is 0 Å². The van der Waals surface area contributed by atoms with Crippen molar-refractivity contribution in [3.05, 3.63) is 17.8 Å². The van der Waals surface area contributed by atoms with Crippen LogP contribution >= 0.6 is 0 Å². The van der Waals surface area contributed by atoms with Gasteiger partial charge in [0, 0.05) is 6.92 Å². The molecule has 0 aliphatic rings. The van der Waals surface area contributed by atoms with Gasteiger partial charge in [-0.15, -0.1) is 0 Å². The van der Waals surface area contributed by atoms with Crippen molar-refractivity contribution in [2.75, 3.05) is 0 Å². The summed E-state index contributed by atoms with van der Waals surface area (Å²) in [6.07, 6.45) is 1.76. The Kier molecular flexibility index (Phi) is 4.04. The lowest BCUT2D eigenvalue weighted by molar-refractivity contribution is -0.141. The molecule has 6 nitrogen and oxygen atoms in total. The predicted molar refractivity (Wildman–Crippen MR) is 54.8 cm³/mol. The number of carbonyl (C=O) groups is 2. The van der Waals surface area contributed by atoms with Gasteiger partial charge >= 0.3 is 5.97 Å². The van der Waals surface area contributed by atoms with E-state index in [4.69, 9.17) is 9.52 Å². The number of hydrogen-bond donors (Lipinski definition) is 2. The van der Waals surface area contributed by atoms with Gasteiger partial charge in [-0.3, -0.25) is 4.79 Å². The number of oxazole rings is 1. The van der Waals surface area contributed by atoms with Crippen molar-refractivity contribution in [3.63, 3.8) is 0 Å². The number of amides is 1. The summed E-state index contributed by atoms with van der Waals surface area (Å²) in [5.41, 5.74) is 0.496. The van der Waals surface area contributed by atoms with Crippen LogP contribution in [0.25, 0.3) is 0 Å². The van der Waals surface area contributed by atoms with Crippen molar-refractivity contribution >= 4 is 11.9 Å². The fraction of sp³-hybridized carbons (Fsp3) is 0.500. The van der Waals surface area contributed by atoms with E-state index in [0.717, 1.165) is 0 Å². The van der Waals surface area contributed by atoms with Gasteiger partial charge < -0.3 is 14.8 Å². The molecule has 1 rings (SSSR count). The number of carbonyl (C=O) groups excluding carboxylic acids is 1. The normalized spacial score (nSPS) is 12.1. The fourth-order valence-corrected chi connectivity index (χ4v) is 1.24. The molecule has 88 valence electrons.